The molecule has 6 heteroatoms. The molecule has 0 fully saturated rings. The molecule has 0 spiro atoms. The van der Waals surface area contributed by atoms with E-state index in [2.05, 4.69) is 4.98 Å². The van der Waals surface area contributed by atoms with Crippen molar-refractivity contribution in [3.63, 3.8) is 0 Å². The average Bonchev–Trinajstić information content (AvgIpc) is 2.90. The van der Waals surface area contributed by atoms with Crippen LogP contribution < -0.4 is 0 Å². The first-order chi connectivity index (χ1) is 9.08. The summed E-state index contributed by atoms with van der Waals surface area (Å²) in [6, 6.07) is 7.80. The third-order valence-electron chi connectivity index (χ3n) is 2.51. The predicted molar refractivity (Wildman–Crippen MR) is 65.7 cm³/mol. The van der Waals surface area contributed by atoms with Crippen LogP contribution in [0.4, 0.5) is 0 Å². The molecule has 0 aliphatic carbocycles. The van der Waals surface area contributed by atoms with Crippen LogP contribution in [0.2, 0.25) is 0 Å². The number of amides is 1. The molecule has 0 aromatic carbocycles. The van der Waals surface area contributed by atoms with Gasteiger partial charge in [-0.15, -0.1) is 0 Å². The normalized spacial score (nSPS) is 10.2. The lowest BCUT2D eigenvalue weighted by atomic mass is 10.2. The fraction of sp³-hybridized carbons (Fsp3) is 0.154. The Hall–Kier alpha value is -2.63. The number of furan rings is 1. The lowest BCUT2D eigenvalue weighted by Gasteiger charge is -2.15. The Morgan fingerprint density at radius 2 is 2.00 bits per heavy atom. The Labute approximate surface area is 109 Å². The highest BCUT2D eigenvalue weighted by Gasteiger charge is 2.16. The van der Waals surface area contributed by atoms with Crippen molar-refractivity contribution in [2.24, 2.45) is 0 Å². The lowest BCUT2D eigenvalue weighted by molar-refractivity contribution is 0.0690. The van der Waals surface area contributed by atoms with Gasteiger partial charge in [0.25, 0.3) is 5.91 Å². The van der Waals surface area contributed by atoms with Gasteiger partial charge in [-0.05, 0) is 24.3 Å². The van der Waals surface area contributed by atoms with Crippen molar-refractivity contribution >= 4 is 11.9 Å². The number of carbonyl (C=O) groups excluding carboxylic acids is 1. The number of pyridine rings is 1. The van der Waals surface area contributed by atoms with Gasteiger partial charge in [-0.1, -0.05) is 6.07 Å². The van der Waals surface area contributed by atoms with E-state index in [0.717, 1.165) is 0 Å². The third kappa shape index (κ3) is 2.98. The summed E-state index contributed by atoms with van der Waals surface area (Å²) in [4.78, 5) is 28.1. The zero-order chi connectivity index (χ0) is 13.8. The average molecular weight is 260 g/mol. The number of hydrogen-bond acceptors (Lipinski definition) is 4. The van der Waals surface area contributed by atoms with Crippen LogP contribution in [0.5, 0.6) is 0 Å². The molecule has 0 bridgehead atoms. The largest absolute Gasteiger partial charge is 0.477 e. The highest BCUT2D eigenvalue weighted by atomic mass is 16.4. The van der Waals surface area contributed by atoms with Crippen LogP contribution in [0, 0.1) is 0 Å². The van der Waals surface area contributed by atoms with Crippen LogP contribution in [0.15, 0.2) is 41.0 Å². The summed E-state index contributed by atoms with van der Waals surface area (Å²) in [6.45, 7) is 0.296. The van der Waals surface area contributed by atoms with Gasteiger partial charge >= 0.3 is 5.97 Å². The summed E-state index contributed by atoms with van der Waals surface area (Å²) in [7, 11) is 1.60. The van der Waals surface area contributed by atoms with E-state index < -0.39 is 5.97 Å². The molecule has 19 heavy (non-hydrogen) atoms. The molecule has 2 heterocycles. The first-order valence-electron chi connectivity index (χ1n) is 5.56. The van der Waals surface area contributed by atoms with Crippen LogP contribution >= 0.6 is 0 Å². The number of carboxylic acid groups (broad SMARTS) is 1. The maximum atomic E-state index is 12.1. The van der Waals surface area contributed by atoms with E-state index in [1.807, 2.05) is 0 Å². The van der Waals surface area contributed by atoms with E-state index in [1.54, 1.807) is 19.2 Å². The molecule has 2 aromatic rings. The number of carboxylic acids is 1. The van der Waals surface area contributed by atoms with Crippen molar-refractivity contribution in [3.8, 4) is 0 Å². The quantitative estimate of drug-likeness (QED) is 0.903. The van der Waals surface area contributed by atoms with Crippen LogP contribution in [-0.4, -0.2) is 33.9 Å². The Morgan fingerprint density at radius 3 is 2.63 bits per heavy atom. The number of aromatic carboxylic acids is 1. The second-order valence-corrected chi connectivity index (χ2v) is 3.95. The van der Waals surface area contributed by atoms with Crippen molar-refractivity contribution in [1.82, 2.24) is 9.88 Å². The third-order valence-corrected chi connectivity index (χ3v) is 2.51. The molecule has 98 valence electrons. The summed E-state index contributed by atoms with van der Waals surface area (Å²) >= 11 is 0. The summed E-state index contributed by atoms with van der Waals surface area (Å²) < 4.78 is 5.14. The molecule has 0 unspecified atom stereocenters. The van der Waals surface area contributed by atoms with Crippen molar-refractivity contribution in [2.45, 2.75) is 6.54 Å². The standard InChI is InChI=1S/C13H12N2O4/c1-15(8-9-4-3-7-19-9)12(16)10-5-2-6-11(14-10)13(17)18/h2-7H,8H2,1H3,(H,17,18). The molecule has 1 amide bonds. The molecule has 0 saturated heterocycles. The topological polar surface area (TPSA) is 83.6 Å². The highest BCUT2D eigenvalue weighted by Crippen LogP contribution is 2.08. The number of carbonyl (C=O) groups is 2. The van der Waals surface area contributed by atoms with Gasteiger partial charge in [0, 0.05) is 7.05 Å². The van der Waals surface area contributed by atoms with Gasteiger partial charge in [-0.3, -0.25) is 4.79 Å². The fourth-order valence-corrected chi connectivity index (χ4v) is 1.58. The Kier molecular flexibility index (Phi) is 3.61. The van der Waals surface area contributed by atoms with Gasteiger partial charge in [0.15, 0.2) is 0 Å². The molecule has 0 aliphatic heterocycles. The van der Waals surface area contributed by atoms with Gasteiger partial charge in [0.2, 0.25) is 0 Å². The first kappa shape index (κ1) is 12.8. The number of rotatable bonds is 4. The summed E-state index contributed by atoms with van der Waals surface area (Å²) in [5.74, 6) is -0.881. The zero-order valence-electron chi connectivity index (χ0n) is 10.2. The number of nitrogens with zero attached hydrogens (tertiary/aromatic N) is 2. The molecule has 0 saturated carbocycles. The van der Waals surface area contributed by atoms with Crippen molar-refractivity contribution in [2.75, 3.05) is 7.05 Å². The summed E-state index contributed by atoms with van der Waals surface area (Å²) in [6.07, 6.45) is 1.52. The van der Waals surface area contributed by atoms with Gasteiger partial charge in [-0.2, -0.15) is 0 Å². The van der Waals surface area contributed by atoms with E-state index in [0.29, 0.717) is 12.3 Å². The summed E-state index contributed by atoms with van der Waals surface area (Å²) in [5.41, 5.74) is -0.0637. The number of hydrogen-bond donors (Lipinski definition) is 1. The van der Waals surface area contributed by atoms with Crippen LogP contribution in [0.3, 0.4) is 0 Å². The lowest BCUT2D eigenvalue weighted by Crippen LogP contribution is -2.27. The molecular formula is C13H12N2O4. The molecule has 0 aliphatic rings. The van der Waals surface area contributed by atoms with Crippen LogP contribution in [0.25, 0.3) is 0 Å². The van der Waals surface area contributed by atoms with E-state index in [1.165, 1.54) is 29.4 Å². The second-order valence-electron chi connectivity index (χ2n) is 3.95. The molecule has 2 rings (SSSR count). The minimum atomic E-state index is -1.16. The maximum Gasteiger partial charge on any atom is 0.354 e. The van der Waals surface area contributed by atoms with E-state index in [9.17, 15) is 9.59 Å². The predicted octanol–water partition coefficient (Wildman–Crippen LogP) is 1.65. The Balaban J connectivity index is 2.14. The minimum absolute atomic E-state index is 0.0916. The minimum Gasteiger partial charge on any atom is -0.477 e. The highest BCUT2D eigenvalue weighted by molar-refractivity contribution is 5.94. The van der Waals surface area contributed by atoms with Crippen molar-refractivity contribution in [3.05, 3.63) is 53.7 Å². The van der Waals surface area contributed by atoms with Crippen LogP contribution in [0.1, 0.15) is 26.7 Å². The van der Waals surface area contributed by atoms with Gasteiger partial charge in [0.1, 0.15) is 17.1 Å². The summed E-state index contributed by atoms with van der Waals surface area (Å²) in [5, 5.41) is 8.83. The van der Waals surface area contributed by atoms with Crippen molar-refractivity contribution in [1.29, 1.82) is 0 Å². The van der Waals surface area contributed by atoms with Gasteiger partial charge in [-0.25, -0.2) is 9.78 Å². The van der Waals surface area contributed by atoms with E-state index in [-0.39, 0.29) is 17.3 Å². The fourth-order valence-electron chi connectivity index (χ4n) is 1.58. The van der Waals surface area contributed by atoms with E-state index in [4.69, 9.17) is 9.52 Å². The molecule has 2 aromatic heterocycles. The monoisotopic (exact) mass is 260 g/mol. The molecule has 6 nitrogen and oxygen atoms in total. The van der Waals surface area contributed by atoms with Crippen LogP contribution in [-0.2, 0) is 6.54 Å². The molecule has 0 radical (unpaired) electrons. The maximum absolute atomic E-state index is 12.1. The molecular weight excluding hydrogens is 248 g/mol. The van der Waals surface area contributed by atoms with E-state index >= 15 is 0 Å². The second kappa shape index (κ2) is 5.34. The first-order valence-corrected chi connectivity index (χ1v) is 5.56. The molecule has 1 N–H and O–H groups in total. The SMILES string of the molecule is CN(Cc1ccco1)C(=O)c1cccc(C(=O)O)n1. The zero-order valence-corrected chi connectivity index (χ0v) is 10.2. The van der Waals surface area contributed by atoms with Gasteiger partial charge in [0.05, 0.1) is 12.8 Å². The Morgan fingerprint density at radius 1 is 1.26 bits per heavy atom. The Bertz CT molecular complexity index is 592. The van der Waals surface area contributed by atoms with Gasteiger partial charge < -0.3 is 14.4 Å². The van der Waals surface area contributed by atoms with Crippen molar-refractivity contribution < 1.29 is 19.1 Å². The smallest absolute Gasteiger partial charge is 0.354 e. The number of aromatic nitrogens is 1. The molecule has 0 atom stereocenters.